The second-order valence-electron chi connectivity index (χ2n) is 9.56. The van der Waals surface area contributed by atoms with Gasteiger partial charge < -0.3 is 14.9 Å². The fourth-order valence-corrected chi connectivity index (χ4v) is 4.96. The Morgan fingerprint density at radius 3 is 1.41 bits per heavy atom. The minimum absolute atomic E-state index is 0.196. The number of benzene rings is 5. The zero-order chi connectivity index (χ0) is 28.8. The molecule has 0 aliphatic heterocycles. The fourth-order valence-electron chi connectivity index (χ4n) is 4.96. The maximum Gasteiger partial charge on any atom is 0.336 e. The highest BCUT2D eigenvalue weighted by Gasteiger charge is 2.21. The third-order valence-corrected chi connectivity index (χ3v) is 6.93. The van der Waals surface area contributed by atoms with E-state index in [2.05, 4.69) is 48.5 Å². The summed E-state index contributed by atoms with van der Waals surface area (Å²) in [5.41, 5.74) is 7.21. The Kier molecular flexibility index (Phi) is 8.07. The van der Waals surface area contributed by atoms with Gasteiger partial charge in [0, 0.05) is 5.56 Å². The van der Waals surface area contributed by atoms with E-state index in [-0.39, 0.29) is 23.3 Å². The number of hydrogen-bond donors (Lipinski definition) is 2. The van der Waals surface area contributed by atoms with Gasteiger partial charge in [-0.25, -0.2) is 9.59 Å². The Balaban J connectivity index is 1.53. The lowest BCUT2D eigenvalue weighted by atomic mass is 9.85. The largest absolute Gasteiger partial charge is 0.489 e. The van der Waals surface area contributed by atoms with Crippen molar-refractivity contribution in [2.45, 2.75) is 13.5 Å². The summed E-state index contributed by atoms with van der Waals surface area (Å²) in [5.74, 6) is -2.26. The first-order valence-electron chi connectivity index (χ1n) is 13.2. The Bertz CT molecular complexity index is 1660. The number of carboxylic acid groups (broad SMARTS) is 2. The Morgan fingerprint density at radius 1 is 0.561 bits per heavy atom. The fraction of sp³-hybridized carbons (Fsp3) is 0.0556. The van der Waals surface area contributed by atoms with Crippen LogP contribution in [0.3, 0.4) is 0 Å². The van der Waals surface area contributed by atoms with E-state index in [4.69, 9.17) is 4.74 Å². The van der Waals surface area contributed by atoms with Gasteiger partial charge in [0.25, 0.3) is 0 Å². The zero-order valence-corrected chi connectivity index (χ0v) is 22.5. The first-order chi connectivity index (χ1) is 19.9. The van der Waals surface area contributed by atoms with Crippen molar-refractivity contribution < 1.29 is 24.5 Å². The first kappa shape index (κ1) is 27.2. The standard InChI is InChI=1S/C36H28O5/c1-24-31(22-21-30(35(37)38)32(24)36(39)40)41-23-25-17-19-29(20-18-25)34(28-15-9-4-10-16-28)33(26-11-5-2-6-12-26)27-13-7-3-8-14-27/h2-22H,23H2,1H3,(H,37,38)(H,39,40). The van der Waals surface area contributed by atoms with Gasteiger partial charge in [0.1, 0.15) is 12.4 Å². The van der Waals surface area contributed by atoms with Crippen molar-refractivity contribution in [2.75, 3.05) is 0 Å². The van der Waals surface area contributed by atoms with Crippen LogP contribution in [0.15, 0.2) is 127 Å². The second-order valence-corrected chi connectivity index (χ2v) is 9.56. The van der Waals surface area contributed by atoms with Crippen LogP contribution in [0.2, 0.25) is 0 Å². The van der Waals surface area contributed by atoms with Crippen LogP contribution in [-0.4, -0.2) is 22.2 Å². The van der Waals surface area contributed by atoms with Crippen molar-refractivity contribution >= 4 is 23.1 Å². The summed E-state index contributed by atoms with van der Waals surface area (Å²) in [6.45, 7) is 1.75. The van der Waals surface area contributed by atoms with Gasteiger partial charge in [0.15, 0.2) is 0 Å². The predicted molar refractivity (Wildman–Crippen MR) is 160 cm³/mol. The molecule has 2 N–H and O–H groups in total. The molecule has 5 heteroatoms. The van der Waals surface area contributed by atoms with E-state index in [1.165, 1.54) is 12.1 Å². The summed E-state index contributed by atoms with van der Waals surface area (Å²) < 4.78 is 5.95. The molecule has 5 nitrogen and oxygen atoms in total. The molecule has 0 fully saturated rings. The third kappa shape index (κ3) is 5.94. The molecular formula is C36H28O5. The highest BCUT2D eigenvalue weighted by Crippen LogP contribution is 2.37. The van der Waals surface area contributed by atoms with E-state index in [1.54, 1.807) is 6.92 Å². The topological polar surface area (TPSA) is 83.8 Å². The zero-order valence-electron chi connectivity index (χ0n) is 22.5. The van der Waals surface area contributed by atoms with Crippen LogP contribution >= 0.6 is 0 Å². The van der Waals surface area contributed by atoms with E-state index in [1.807, 2.05) is 66.7 Å². The second kappa shape index (κ2) is 12.2. The summed E-state index contributed by atoms with van der Waals surface area (Å²) >= 11 is 0. The van der Waals surface area contributed by atoms with Gasteiger partial charge in [-0.2, -0.15) is 0 Å². The monoisotopic (exact) mass is 540 g/mol. The number of carboxylic acids is 2. The van der Waals surface area contributed by atoms with Crippen LogP contribution in [0, 0.1) is 6.92 Å². The van der Waals surface area contributed by atoms with Gasteiger partial charge in [0.2, 0.25) is 0 Å². The maximum absolute atomic E-state index is 11.7. The van der Waals surface area contributed by atoms with Crippen molar-refractivity contribution in [3.05, 3.63) is 172 Å². The number of aromatic carboxylic acids is 2. The van der Waals surface area contributed by atoms with E-state index in [0.29, 0.717) is 5.75 Å². The van der Waals surface area contributed by atoms with Crippen molar-refractivity contribution in [2.24, 2.45) is 0 Å². The molecule has 0 spiro atoms. The molecule has 202 valence electrons. The summed E-state index contributed by atoms with van der Waals surface area (Å²) in [6.07, 6.45) is 0. The average molecular weight is 541 g/mol. The molecule has 0 aromatic heterocycles. The molecule has 0 amide bonds. The summed E-state index contributed by atoms with van der Waals surface area (Å²) in [5, 5.41) is 18.9. The van der Waals surface area contributed by atoms with Gasteiger partial charge in [0.05, 0.1) is 11.1 Å². The quantitative estimate of drug-likeness (QED) is 0.185. The van der Waals surface area contributed by atoms with Crippen molar-refractivity contribution in [3.8, 4) is 5.75 Å². The molecule has 0 bridgehead atoms. The molecule has 5 rings (SSSR count). The maximum atomic E-state index is 11.7. The lowest BCUT2D eigenvalue weighted by molar-refractivity contribution is 0.0650. The van der Waals surface area contributed by atoms with Crippen molar-refractivity contribution in [1.29, 1.82) is 0 Å². The molecule has 0 heterocycles. The Morgan fingerprint density at radius 2 is 1.00 bits per heavy atom. The molecule has 5 aromatic rings. The third-order valence-electron chi connectivity index (χ3n) is 6.93. The van der Waals surface area contributed by atoms with Crippen LogP contribution < -0.4 is 4.74 Å². The molecule has 0 atom stereocenters. The van der Waals surface area contributed by atoms with E-state index in [9.17, 15) is 19.8 Å². The minimum Gasteiger partial charge on any atom is -0.489 e. The number of rotatable bonds is 9. The SMILES string of the molecule is Cc1c(OCc2ccc(C(=C(c3ccccc3)c3ccccc3)c3ccccc3)cc2)ccc(C(=O)O)c1C(=O)O. The van der Waals surface area contributed by atoms with Crippen LogP contribution in [0.5, 0.6) is 5.75 Å². The van der Waals surface area contributed by atoms with Crippen molar-refractivity contribution in [3.63, 3.8) is 0 Å². The molecule has 5 aromatic carbocycles. The molecule has 0 saturated heterocycles. The van der Waals surface area contributed by atoms with Gasteiger partial charge in [-0.05, 0) is 58.0 Å². The highest BCUT2D eigenvalue weighted by molar-refractivity contribution is 6.05. The molecule has 41 heavy (non-hydrogen) atoms. The number of ether oxygens (including phenoxy) is 1. The molecule has 0 aliphatic rings. The van der Waals surface area contributed by atoms with Crippen molar-refractivity contribution in [1.82, 2.24) is 0 Å². The molecule has 0 saturated carbocycles. The molecular weight excluding hydrogens is 512 g/mol. The minimum atomic E-state index is -1.30. The highest BCUT2D eigenvalue weighted by atomic mass is 16.5. The first-order valence-corrected chi connectivity index (χ1v) is 13.2. The van der Waals surface area contributed by atoms with E-state index < -0.39 is 11.9 Å². The smallest absolute Gasteiger partial charge is 0.336 e. The lowest BCUT2D eigenvalue weighted by Gasteiger charge is -2.18. The average Bonchev–Trinajstić information content (AvgIpc) is 3.00. The predicted octanol–water partition coefficient (Wildman–Crippen LogP) is 7.98. The Hall–Kier alpha value is -5.42. The van der Waals surface area contributed by atoms with Gasteiger partial charge >= 0.3 is 11.9 Å². The van der Waals surface area contributed by atoms with Gasteiger partial charge in [-0.1, -0.05) is 115 Å². The molecule has 0 aliphatic carbocycles. The summed E-state index contributed by atoms with van der Waals surface area (Å²) in [7, 11) is 0. The number of hydrogen-bond acceptors (Lipinski definition) is 3. The van der Waals surface area contributed by atoms with Gasteiger partial charge in [-0.3, -0.25) is 0 Å². The van der Waals surface area contributed by atoms with Crippen LogP contribution in [0.25, 0.3) is 11.1 Å². The normalized spacial score (nSPS) is 10.6. The summed E-state index contributed by atoms with van der Waals surface area (Å²) in [4.78, 5) is 23.2. The van der Waals surface area contributed by atoms with Gasteiger partial charge in [-0.15, -0.1) is 0 Å². The summed E-state index contributed by atoms with van der Waals surface area (Å²) in [6, 6.07) is 41.9. The van der Waals surface area contributed by atoms with Crippen LogP contribution in [-0.2, 0) is 6.61 Å². The lowest BCUT2D eigenvalue weighted by Crippen LogP contribution is -2.11. The molecule has 0 unspecified atom stereocenters. The Labute approximate surface area is 238 Å². The van der Waals surface area contributed by atoms with E-state index in [0.717, 1.165) is 39.0 Å². The van der Waals surface area contributed by atoms with Crippen LogP contribution in [0.4, 0.5) is 0 Å². The van der Waals surface area contributed by atoms with Crippen LogP contribution in [0.1, 0.15) is 54.1 Å². The van der Waals surface area contributed by atoms with E-state index >= 15 is 0 Å². The molecule has 0 radical (unpaired) electrons. The number of carbonyl (C=O) groups is 2.